The number of nitrogens with zero attached hydrogens (tertiary/aromatic N) is 2. The van der Waals surface area contributed by atoms with Gasteiger partial charge in [0.25, 0.3) is 5.91 Å². The van der Waals surface area contributed by atoms with E-state index in [-0.39, 0.29) is 23.5 Å². The molecule has 9 heteroatoms. The zero-order chi connectivity index (χ0) is 25.5. The second-order valence-corrected chi connectivity index (χ2v) is 9.35. The summed E-state index contributed by atoms with van der Waals surface area (Å²) in [4.78, 5) is 29.0. The van der Waals surface area contributed by atoms with Gasteiger partial charge in [0.2, 0.25) is 0 Å². The van der Waals surface area contributed by atoms with Gasteiger partial charge in [-0.25, -0.2) is 13.6 Å². The Labute approximate surface area is 217 Å². The summed E-state index contributed by atoms with van der Waals surface area (Å²) in [6.07, 6.45) is 5.56. The van der Waals surface area contributed by atoms with E-state index in [2.05, 4.69) is 34.5 Å². The summed E-state index contributed by atoms with van der Waals surface area (Å²) >= 11 is 2.16. The Bertz CT molecular complexity index is 1150. The zero-order valence-electron chi connectivity index (χ0n) is 19.3. The highest BCUT2D eigenvalue weighted by Crippen LogP contribution is 2.21. The Morgan fingerprint density at radius 3 is 2.37 bits per heavy atom. The summed E-state index contributed by atoms with van der Waals surface area (Å²) in [6.45, 7) is 4.91. The number of benzene rings is 2. The molecule has 0 spiro atoms. The summed E-state index contributed by atoms with van der Waals surface area (Å²) < 4.78 is 27.8. The van der Waals surface area contributed by atoms with Gasteiger partial charge in [0, 0.05) is 42.0 Å². The largest absolute Gasteiger partial charge is 0.403 e. The molecule has 0 unspecified atom stereocenters. The van der Waals surface area contributed by atoms with E-state index in [9.17, 15) is 18.4 Å². The van der Waals surface area contributed by atoms with E-state index in [4.69, 9.17) is 5.73 Å². The summed E-state index contributed by atoms with van der Waals surface area (Å²) in [7, 11) is 1.70. The summed E-state index contributed by atoms with van der Waals surface area (Å²) in [5.41, 5.74) is 7.29. The normalized spacial score (nSPS) is 14.7. The van der Waals surface area contributed by atoms with Crippen LogP contribution in [0.1, 0.15) is 28.8 Å². The number of hydrogen-bond acceptors (Lipinski definition) is 3. The maximum absolute atomic E-state index is 13.4. The van der Waals surface area contributed by atoms with E-state index >= 15 is 0 Å². The van der Waals surface area contributed by atoms with Gasteiger partial charge in [-0.15, -0.1) is 0 Å². The molecule has 2 aromatic carbocycles. The maximum Gasteiger partial charge on any atom is 0.321 e. The zero-order valence-corrected chi connectivity index (χ0v) is 21.5. The van der Waals surface area contributed by atoms with Crippen LogP contribution in [0.2, 0.25) is 0 Å². The predicted octanol–water partition coefficient (Wildman–Crippen LogP) is 4.89. The SMILES string of the molecule is C=C(/C=C\C(=C/N)NC(=O)N(C)C1CCN(C(=O)c2ccccc2I)CC1)c1cc(F)cc(F)c1. The molecular formula is C26H27F2IN4O2. The number of amides is 3. The first-order valence-electron chi connectivity index (χ1n) is 11.0. The van der Waals surface area contributed by atoms with E-state index in [1.165, 1.54) is 30.5 Å². The van der Waals surface area contributed by atoms with E-state index in [1.54, 1.807) is 11.9 Å². The lowest BCUT2D eigenvalue weighted by Crippen LogP contribution is -2.49. The molecule has 1 heterocycles. The van der Waals surface area contributed by atoms with Gasteiger partial charge in [-0.05, 0) is 76.9 Å². The molecule has 0 saturated carbocycles. The average molecular weight is 592 g/mol. The van der Waals surface area contributed by atoms with Crippen molar-refractivity contribution in [2.75, 3.05) is 20.1 Å². The van der Waals surface area contributed by atoms with Crippen LogP contribution in [-0.2, 0) is 0 Å². The number of rotatable bonds is 6. The van der Waals surface area contributed by atoms with Gasteiger partial charge >= 0.3 is 6.03 Å². The smallest absolute Gasteiger partial charge is 0.321 e. The molecule has 1 aliphatic heterocycles. The summed E-state index contributed by atoms with van der Waals surface area (Å²) in [5.74, 6) is -1.41. The van der Waals surface area contributed by atoms with Crippen LogP contribution in [0.4, 0.5) is 13.6 Å². The Hall–Kier alpha value is -3.21. The molecule has 1 aliphatic rings. The van der Waals surface area contributed by atoms with Crippen molar-refractivity contribution in [3.63, 3.8) is 0 Å². The minimum atomic E-state index is -0.703. The van der Waals surface area contributed by atoms with E-state index in [1.807, 2.05) is 29.2 Å². The number of nitrogens with two attached hydrogens (primary N) is 1. The van der Waals surface area contributed by atoms with Crippen LogP contribution in [0.5, 0.6) is 0 Å². The van der Waals surface area contributed by atoms with Crippen LogP contribution in [0.15, 0.2) is 73.1 Å². The molecule has 3 rings (SSSR count). The van der Waals surface area contributed by atoms with E-state index in [0.717, 1.165) is 9.64 Å². The minimum absolute atomic E-state index is 0.00236. The Kier molecular flexibility index (Phi) is 9.02. The second-order valence-electron chi connectivity index (χ2n) is 8.18. The molecular weight excluding hydrogens is 565 g/mol. The fourth-order valence-corrected chi connectivity index (χ4v) is 4.42. The Balaban J connectivity index is 1.54. The summed E-state index contributed by atoms with van der Waals surface area (Å²) in [5, 5.41) is 2.73. The van der Waals surface area contributed by atoms with Crippen molar-refractivity contribution in [2.24, 2.45) is 5.73 Å². The molecule has 184 valence electrons. The van der Waals surface area contributed by atoms with Crippen molar-refractivity contribution >= 4 is 40.1 Å². The number of carbonyl (C=O) groups is 2. The van der Waals surface area contributed by atoms with Gasteiger partial charge in [0.1, 0.15) is 11.6 Å². The topological polar surface area (TPSA) is 78.7 Å². The van der Waals surface area contributed by atoms with Crippen LogP contribution in [-0.4, -0.2) is 47.9 Å². The fourth-order valence-electron chi connectivity index (χ4n) is 3.80. The third-order valence-corrected chi connectivity index (χ3v) is 6.79. The first kappa shape index (κ1) is 26.4. The number of piperidine rings is 1. The van der Waals surface area contributed by atoms with Gasteiger partial charge in [-0.2, -0.15) is 0 Å². The maximum atomic E-state index is 13.4. The molecule has 3 amide bonds. The molecule has 0 aromatic heterocycles. The first-order valence-corrected chi connectivity index (χ1v) is 12.1. The van der Waals surface area contributed by atoms with Crippen LogP contribution in [0.25, 0.3) is 5.57 Å². The van der Waals surface area contributed by atoms with Gasteiger partial charge in [0.05, 0.1) is 11.3 Å². The average Bonchev–Trinajstić information content (AvgIpc) is 2.85. The monoisotopic (exact) mass is 592 g/mol. The van der Waals surface area contributed by atoms with Crippen molar-refractivity contribution in [3.05, 3.63) is 99.4 Å². The van der Waals surface area contributed by atoms with Gasteiger partial charge in [0.15, 0.2) is 0 Å². The first-order chi connectivity index (χ1) is 16.7. The molecule has 0 aliphatic carbocycles. The van der Waals surface area contributed by atoms with Gasteiger partial charge in [-0.1, -0.05) is 24.8 Å². The molecule has 1 saturated heterocycles. The number of halogens is 3. The van der Waals surface area contributed by atoms with E-state index in [0.29, 0.717) is 42.8 Å². The van der Waals surface area contributed by atoms with Gasteiger partial charge in [-0.3, -0.25) is 4.79 Å². The lowest BCUT2D eigenvalue weighted by atomic mass is 10.0. The van der Waals surface area contributed by atoms with Crippen LogP contribution in [0.3, 0.4) is 0 Å². The molecule has 1 fully saturated rings. The highest BCUT2D eigenvalue weighted by molar-refractivity contribution is 14.1. The van der Waals surface area contributed by atoms with Crippen molar-refractivity contribution < 1.29 is 18.4 Å². The number of urea groups is 1. The van der Waals surface area contributed by atoms with Crippen molar-refractivity contribution in [3.8, 4) is 0 Å². The molecule has 0 atom stereocenters. The predicted molar refractivity (Wildman–Crippen MR) is 141 cm³/mol. The lowest BCUT2D eigenvalue weighted by Gasteiger charge is -2.36. The number of nitrogens with one attached hydrogen (secondary N) is 1. The lowest BCUT2D eigenvalue weighted by molar-refractivity contribution is 0.0667. The third-order valence-electron chi connectivity index (χ3n) is 5.85. The number of allylic oxidation sites excluding steroid dienone is 3. The number of carbonyl (C=O) groups excluding carboxylic acids is 2. The Morgan fingerprint density at radius 1 is 1.14 bits per heavy atom. The quantitative estimate of drug-likeness (QED) is 0.371. The van der Waals surface area contributed by atoms with Crippen LogP contribution >= 0.6 is 22.6 Å². The van der Waals surface area contributed by atoms with Crippen LogP contribution in [0, 0.1) is 15.2 Å². The number of hydrogen-bond donors (Lipinski definition) is 2. The third kappa shape index (κ3) is 6.91. The standard InChI is InChI=1S/C26H27F2IN4O2/c1-17(18-13-19(27)15-20(28)14-18)7-8-21(16-30)31-26(35)32(2)22-9-11-33(12-10-22)25(34)23-5-3-4-6-24(23)29/h3-8,13-16,22H,1,9-12,30H2,2H3,(H,31,35)/b8-7-,21-16+. The molecule has 0 radical (unpaired) electrons. The fraction of sp³-hybridized carbons (Fsp3) is 0.231. The minimum Gasteiger partial charge on any atom is -0.403 e. The van der Waals surface area contributed by atoms with Crippen LogP contribution < -0.4 is 11.1 Å². The second kappa shape index (κ2) is 12.0. The molecule has 3 N–H and O–H groups in total. The van der Waals surface area contributed by atoms with Crippen molar-refractivity contribution in [1.29, 1.82) is 0 Å². The van der Waals surface area contributed by atoms with Gasteiger partial charge < -0.3 is 20.9 Å². The molecule has 2 aromatic rings. The highest BCUT2D eigenvalue weighted by Gasteiger charge is 2.28. The van der Waals surface area contributed by atoms with E-state index < -0.39 is 11.6 Å². The number of likely N-dealkylation sites (tertiary alicyclic amines) is 1. The van der Waals surface area contributed by atoms with Crippen molar-refractivity contribution in [2.45, 2.75) is 18.9 Å². The molecule has 6 nitrogen and oxygen atoms in total. The highest BCUT2D eigenvalue weighted by atomic mass is 127. The Morgan fingerprint density at radius 2 is 1.77 bits per heavy atom. The summed E-state index contributed by atoms with van der Waals surface area (Å²) in [6, 6.07) is 10.2. The molecule has 0 bridgehead atoms. The van der Waals surface area contributed by atoms with Crippen molar-refractivity contribution in [1.82, 2.24) is 15.1 Å². The molecule has 35 heavy (non-hydrogen) atoms.